The molecule has 5 atom stereocenters. The van der Waals surface area contributed by atoms with Crippen molar-refractivity contribution in [3.05, 3.63) is 41.8 Å². The molecule has 3 amide bonds. The molecule has 1 aromatic carbocycles. The third-order valence-electron chi connectivity index (χ3n) is 11.0. The van der Waals surface area contributed by atoms with Crippen molar-refractivity contribution in [3.8, 4) is 22.9 Å². The number of hydrogen-bond acceptors (Lipinski definition) is 11. The van der Waals surface area contributed by atoms with Crippen LogP contribution in [0.4, 0.5) is 9.93 Å². The highest BCUT2D eigenvalue weighted by atomic mass is 32.1. The number of fused-ring (bicyclic) bond motifs is 3. The van der Waals surface area contributed by atoms with Gasteiger partial charge in [0.2, 0.25) is 11.8 Å². The van der Waals surface area contributed by atoms with Crippen molar-refractivity contribution < 1.29 is 42.9 Å². The van der Waals surface area contributed by atoms with Gasteiger partial charge in [0.05, 0.1) is 24.9 Å². The first-order chi connectivity index (χ1) is 26.8. The number of nitrogens with one attached hydrogen (secondary N) is 3. The molecule has 7 rings (SSSR count). The van der Waals surface area contributed by atoms with E-state index in [0.29, 0.717) is 53.1 Å². The van der Waals surface area contributed by atoms with Crippen molar-refractivity contribution in [3.63, 3.8) is 0 Å². The van der Waals surface area contributed by atoms with Gasteiger partial charge >= 0.3 is 13.7 Å². The molecule has 15 nitrogen and oxygen atoms in total. The molecule has 2 aliphatic heterocycles. The summed E-state index contributed by atoms with van der Waals surface area (Å²) in [6, 6.07) is 5.27. The molecule has 302 valence electrons. The van der Waals surface area contributed by atoms with Gasteiger partial charge in [-0.1, -0.05) is 25.0 Å². The van der Waals surface area contributed by atoms with Gasteiger partial charge in [0.15, 0.2) is 5.13 Å². The molecular weight excluding hydrogens is 760 g/mol. The number of carbonyl (C=O) groups is 3. The summed E-state index contributed by atoms with van der Waals surface area (Å²) in [6.07, 6.45) is 8.87. The zero-order chi connectivity index (χ0) is 39.6. The standard InChI is InChI=1S/C39H51N6O9PS/c1-23(2)40-37-42-32(22-56-37)31-19-34(28-16-15-26(52-3)17-30(28)41-31)53-27-18-33-35(46)44-39(55(49,50)51)20-24(39)11-7-5-4-6-8-14-29(36(47)45(33)21-27)43-38(48)54-25-12-9-10-13-25/h7,11,15-17,19,22-25,27,29,33H,4-6,8-10,12-14,18,20-21H2,1-3H3,(H,40,42)(H,43,48)(H,44,46)(H2,49,50,51)/b11-7-/t24-,27-,29+,33+,39+/m1/s1. The molecule has 5 N–H and O–H groups in total. The van der Waals surface area contributed by atoms with Crippen LogP contribution in [-0.4, -0.2) is 91.8 Å². The van der Waals surface area contributed by atoms with Crippen LogP contribution in [0.2, 0.25) is 0 Å². The zero-order valence-electron chi connectivity index (χ0n) is 31.9. The minimum Gasteiger partial charge on any atom is -0.497 e. The van der Waals surface area contributed by atoms with E-state index < -0.39 is 54.9 Å². The van der Waals surface area contributed by atoms with Crippen LogP contribution < -0.4 is 25.4 Å². The summed E-state index contributed by atoms with van der Waals surface area (Å²) in [6.45, 7) is 4.04. The molecule has 0 bridgehead atoms. The predicted octanol–water partition coefficient (Wildman–Crippen LogP) is 6.10. The molecule has 2 aromatic heterocycles. The lowest BCUT2D eigenvalue weighted by Crippen LogP contribution is -2.55. The molecule has 4 aliphatic rings. The van der Waals surface area contributed by atoms with E-state index in [1.165, 1.54) is 16.2 Å². The van der Waals surface area contributed by atoms with Crippen molar-refractivity contribution >= 4 is 52.9 Å². The second-order valence-electron chi connectivity index (χ2n) is 15.6. The lowest BCUT2D eigenvalue weighted by atomic mass is 10.0. The number of amides is 3. The van der Waals surface area contributed by atoms with Gasteiger partial charge in [-0.25, -0.2) is 14.8 Å². The lowest BCUT2D eigenvalue weighted by molar-refractivity contribution is -0.140. The Labute approximate surface area is 330 Å². The summed E-state index contributed by atoms with van der Waals surface area (Å²) < 4.78 is 30.8. The van der Waals surface area contributed by atoms with Crippen LogP contribution in [0.15, 0.2) is 41.8 Å². The average molecular weight is 811 g/mol. The zero-order valence-corrected chi connectivity index (χ0v) is 33.7. The van der Waals surface area contributed by atoms with Crippen LogP contribution in [0, 0.1) is 5.92 Å². The first-order valence-corrected chi connectivity index (χ1v) is 22.0. The normalized spacial score (nSPS) is 26.8. The van der Waals surface area contributed by atoms with Crippen LogP contribution in [-0.2, 0) is 18.9 Å². The van der Waals surface area contributed by atoms with Gasteiger partial charge in [-0.2, -0.15) is 0 Å². The maximum absolute atomic E-state index is 14.6. The van der Waals surface area contributed by atoms with E-state index in [1.807, 2.05) is 31.4 Å². The minimum atomic E-state index is -4.81. The fourth-order valence-corrected chi connectivity index (χ4v) is 10.0. The van der Waals surface area contributed by atoms with E-state index in [9.17, 15) is 28.7 Å². The molecule has 0 unspecified atom stereocenters. The number of hydrogen-bond donors (Lipinski definition) is 5. The van der Waals surface area contributed by atoms with Crippen LogP contribution in [0.25, 0.3) is 22.3 Å². The Hall–Kier alpha value is -4.24. The number of anilines is 1. The molecule has 2 aliphatic carbocycles. The number of benzene rings is 1. The number of nitrogens with zero attached hydrogens (tertiary/aromatic N) is 3. The maximum Gasteiger partial charge on any atom is 0.408 e. The number of aromatic nitrogens is 2. The Morgan fingerprint density at radius 3 is 2.59 bits per heavy atom. The highest BCUT2D eigenvalue weighted by Crippen LogP contribution is 2.67. The summed E-state index contributed by atoms with van der Waals surface area (Å²) in [7, 11) is -3.24. The summed E-state index contributed by atoms with van der Waals surface area (Å²) in [5.74, 6) is -0.671. The van der Waals surface area contributed by atoms with Gasteiger partial charge in [-0.15, -0.1) is 11.3 Å². The monoisotopic (exact) mass is 810 g/mol. The number of pyridine rings is 1. The van der Waals surface area contributed by atoms with Crippen LogP contribution in [0.3, 0.4) is 0 Å². The highest BCUT2D eigenvalue weighted by Gasteiger charge is 2.66. The van der Waals surface area contributed by atoms with E-state index in [1.54, 1.807) is 31.4 Å². The number of rotatable bonds is 9. The minimum absolute atomic E-state index is 0.0204. The van der Waals surface area contributed by atoms with Crippen molar-refractivity contribution in [2.75, 3.05) is 19.0 Å². The smallest absolute Gasteiger partial charge is 0.408 e. The van der Waals surface area contributed by atoms with Crippen LogP contribution in [0.1, 0.15) is 84.5 Å². The number of alkyl carbamates (subject to hydrolysis) is 1. The van der Waals surface area contributed by atoms with Crippen molar-refractivity contribution in [2.45, 2.75) is 120 Å². The number of allylic oxidation sites excluding steroid dienone is 1. The van der Waals surface area contributed by atoms with Crippen molar-refractivity contribution in [2.24, 2.45) is 5.92 Å². The fraction of sp³-hybridized carbons (Fsp3) is 0.564. The molecule has 0 spiro atoms. The first-order valence-electron chi connectivity index (χ1n) is 19.5. The molecule has 1 saturated heterocycles. The van der Waals surface area contributed by atoms with Gasteiger partial charge in [-0.3, -0.25) is 14.2 Å². The van der Waals surface area contributed by atoms with Gasteiger partial charge < -0.3 is 44.8 Å². The maximum atomic E-state index is 14.6. The van der Waals surface area contributed by atoms with E-state index in [0.717, 1.165) is 43.7 Å². The second-order valence-corrected chi connectivity index (χ2v) is 18.3. The summed E-state index contributed by atoms with van der Waals surface area (Å²) in [5, 5.41) is 10.4. The van der Waals surface area contributed by atoms with Gasteiger partial charge in [0, 0.05) is 41.3 Å². The van der Waals surface area contributed by atoms with Crippen LogP contribution >= 0.6 is 18.9 Å². The molecule has 3 aromatic rings. The number of ether oxygens (including phenoxy) is 3. The van der Waals surface area contributed by atoms with E-state index in [-0.39, 0.29) is 31.5 Å². The van der Waals surface area contributed by atoms with Crippen molar-refractivity contribution in [1.82, 2.24) is 25.5 Å². The Morgan fingerprint density at radius 2 is 1.84 bits per heavy atom. The van der Waals surface area contributed by atoms with E-state index in [4.69, 9.17) is 24.2 Å². The number of carbonyl (C=O) groups excluding carboxylic acids is 3. The van der Waals surface area contributed by atoms with Gasteiger partial charge in [-0.05, 0) is 77.3 Å². The number of thiazole rings is 1. The lowest BCUT2D eigenvalue weighted by Gasteiger charge is -2.30. The molecule has 56 heavy (non-hydrogen) atoms. The molecule has 0 radical (unpaired) electrons. The molecule has 3 fully saturated rings. The summed E-state index contributed by atoms with van der Waals surface area (Å²) in [4.78, 5) is 73.9. The van der Waals surface area contributed by atoms with Gasteiger partial charge in [0.1, 0.15) is 46.8 Å². The molecule has 4 heterocycles. The Morgan fingerprint density at radius 1 is 1.05 bits per heavy atom. The number of methoxy groups -OCH3 is 1. The predicted molar refractivity (Wildman–Crippen MR) is 212 cm³/mol. The summed E-state index contributed by atoms with van der Waals surface area (Å²) >= 11 is 1.46. The third kappa shape index (κ3) is 8.83. The topological polar surface area (TPSA) is 202 Å². The van der Waals surface area contributed by atoms with E-state index in [2.05, 4.69) is 16.0 Å². The Bertz CT molecular complexity index is 2010. The molecular formula is C39H51N6O9PS. The van der Waals surface area contributed by atoms with Crippen LogP contribution in [0.5, 0.6) is 11.5 Å². The Kier molecular flexibility index (Phi) is 11.9. The van der Waals surface area contributed by atoms with Gasteiger partial charge in [0.25, 0.3) is 0 Å². The first kappa shape index (κ1) is 40.0. The van der Waals surface area contributed by atoms with Crippen molar-refractivity contribution in [1.29, 1.82) is 0 Å². The fourth-order valence-electron chi connectivity index (χ4n) is 7.98. The largest absolute Gasteiger partial charge is 0.497 e. The Balaban J connectivity index is 1.21. The van der Waals surface area contributed by atoms with E-state index >= 15 is 0 Å². The molecule has 2 saturated carbocycles. The quantitative estimate of drug-likeness (QED) is 0.123. The average Bonchev–Trinajstić information content (AvgIpc) is 3.57. The SMILES string of the molecule is COc1ccc2c(O[C@@H]3C[C@H]4C(=O)N[C@]5(P(=O)(O)O)C[C@H]5/C=C\CCCCC[C@H](NC(=O)OC5CCCC5)C(=O)N4C3)cc(-c3csc(NC(C)C)n3)nc2c1. The second kappa shape index (κ2) is 16.7. The third-order valence-corrected chi connectivity index (χ3v) is 13.5. The highest BCUT2D eigenvalue weighted by molar-refractivity contribution is 7.54. The molecule has 17 heteroatoms. The summed E-state index contributed by atoms with van der Waals surface area (Å²) in [5.41, 5.74) is 1.78.